The zero-order valence-electron chi connectivity index (χ0n) is 20.1. The first-order valence-electron chi connectivity index (χ1n) is 11.0. The van der Waals surface area contributed by atoms with Crippen molar-refractivity contribution in [2.24, 2.45) is 0 Å². The fourth-order valence-corrected chi connectivity index (χ4v) is 4.63. The SMILES string of the molecule is C[Si](C)(C)CCOCn1nc(Nc2ccccc2)cc1C(=O)Nc1cc(Cl)cc(NS(C)(=O)=O)c1. The highest BCUT2D eigenvalue weighted by Gasteiger charge is 2.18. The molecule has 3 rings (SSSR count). The Balaban J connectivity index is 1.81. The molecule has 9 nitrogen and oxygen atoms in total. The summed E-state index contributed by atoms with van der Waals surface area (Å²) in [6.45, 7) is 7.49. The minimum absolute atomic E-state index is 0.111. The van der Waals surface area contributed by atoms with Crippen LogP contribution in [-0.2, 0) is 21.5 Å². The van der Waals surface area contributed by atoms with Gasteiger partial charge in [-0.1, -0.05) is 49.4 Å². The number of aromatic nitrogens is 2. The summed E-state index contributed by atoms with van der Waals surface area (Å²) in [5.74, 6) is 0.0423. The van der Waals surface area contributed by atoms with E-state index in [1.54, 1.807) is 6.07 Å². The van der Waals surface area contributed by atoms with Crippen LogP contribution in [0.15, 0.2) is 54.6 Å². The number of carbonyl (C=O) groups excluding carboxylic acids is 1. The van der Waals surface area contributed by atoms with Gasteiger partial charge in [0.2, 0.25) is 10.0 Å². The van der Waals surface area contributed by atoms with Crippen LogP contribution in [0.5, 0.6) is 0 Å². The molecule has 1 heterocycles. The van der Waals surface area contributed by atoms with Gasteiger partial charge in [-0.15, -0.1) is 0 Å². The quantitative estimate of drug-likeness (QED) is 0.229. The summed E-state index contributed by atoms with van der Waals surface area (Å²) in [7, 11) is -4.77. The van der Waals surface area contributed by atoms with Crippen LogP contribution < -0.4 is 15.4 Å². The molecule has 0 saturated heterocycles. The Morgan fingerprint density at radius 3 is 2.40 bits per heavy atom. The largest absolute Gasteiger partial charge is 0.360 e. The van der Waals surface area contributed by atoms with E-state index in [0.29, 0.717) is 18.1 Å². The van der Waals surface area contributed by atoms with Gasteiger partial charge in [0.05, 0.1) is 11.9 Å². The standard InChI is InChI=1S/C23H30ClN5O4SSi/c1-34(31,32)28-20-13-17(24)12-19(14-20)26-23(30)21-15-22(25-18-8-6-5-7-9-18)27-29(21)16-33-10-11-35(2,3)4/h5-9,12-15,28H,10-11,16H2,1-4H3,(H,25,27)(H,26,30). The minimum Gasteiger partial charge on any atom is -0.360 e. The smallest absolute Gasteiger partial charge is 0.274 e. The third-order valence-electron chi connectivity index (χ3n) is 4.73. The van der Waals surface area contributed by atoms with Crippen molar-refractivity contribution in [1.82, 2.24) is 9.78 Å². The molecule has 0 spiro atoms. The number of carbonyl (C=O) groups is 1. The number of rotatable bonds is 11. The van der Waals surface area contributed by atoms with Crippen LogP contribution in [0, 0.1) is 0 Å². The molecule has 0 aliphatic heterocycles. The number of hydrogen-bond donors (Lipinski definition) is 3. The van der Waals surface area contributed by atoms with Crippen molar-refractivity contribution < 1.29 is 17.9 Å². The molecule has 35 heavy (non-hydrogen) atoms. The Morgan fingerprint density at radius 2 is 1.74 bits per heavy atom. The summed E-state index contributed by atoms with van der Waals surface area (Å²) >= 11 is 6.12. The number of para-hydroxylation sites is 1. The minimum atomic E-state index is -3.51. The van der Waals surface area contributed by atoms with Gasteiger partial charge in [0.1, 0.15) is 12.4 Å². The van der Waals surface area contributed by atoms with E-state index < -0.39 is 24.0 Å². The van der Waals surface area contributed by atoms with Crippen molar-refractivity contribution in [2.45, 2.75) is 32.4 Å². The molecular formula is C23H30ClN5O4SSi. The Kier molecular flexibility index (Phi) is 8.59. The number of anilines is 4. The highest BCUT2D eigenvalue weighted by atomic mass is 35.5. The van der Waals surface area contributed by atoms with Gasteiger partial charge >= 0.3 is 0 Å². The lowest BCUT2D eigenvalue weighted by atomic mass is 10.2. The lowest BCUT2D eigenvalue weighted by Crippen LogP contribution is -2.23. The molecule has 1 amide bonds. The molecule has 3 aromatic rings. The molecule has 188 valence electrons. The predicted molar refractivity (Wildman–Crippen MR) is 144 cm³/mol. The molecule has 0 aliphatic carbocycles. The number of amides is 1. The molecule has 0 radical (unpaired) electrons. The van der Waals surface area contributed by atoms with Gasteiger partial charge in [0.25, 0.3) is 5.91 Å². The van der Waals surface area contributed by atoms with E-state index in [1.165, 1.54) is 22.9 Å². The average molecular weight is 536 g/mol. The van der Waals surface area contributed by atoms with Crippen LogP contribution >= 0.6 is 11.6 Å². The zero-order valence-corrected chi connectivity index (χ0v) is 22.7. The second kappa shape index (κ2) is 11.3. The average Bonchev–Trinajstić information content (AvgIpc) is 3.12. The predicted octanol–water partition coefficient (Wildman–Crippen LogP) is 5.22. The Morgan fingerprint density at radius 1 is 1.06 bits per heavy atom. The molecule has 3 N–H and O–H groups in total. The van der Waals surface area contributed by atoms with Crippen LogP contribution in [0.4, 0.5) is 22.9 Å². The second-order valence-electron chi connectivity index (χ2n) is 9.31. The highest BCUT2D eigenvalue weighted by Crippen LogP contribution is 2.24. The van der Waals surface area contributed by atoms with Gasteiger partial charge < -0.3 is 15.4 Å². The summed E-state index contributed by atoms with van der Waals surface area (Å²) in [6.07, 6.45) is 1.04. The maximum Gasteiger partial charge on any atom is 0.274 e. The van der Waals surface area contributed by atoms with E-state index >= 15 is 0 Å². The molecule has 0 fully saturated rings. The molecule has 2 aromatic carbocycles. The van der Waals surface area contributed by atoms with E-state index in [1.807, 2.05) is 30.3 Å². The number of nitrogens with one attached hydrogen (secondary N) is 3. The Labute approximate surface area is 211 Å². The Bertz CT molecular complexity index is 1280. The normalized spacial score (nSPS) is 11.8. The number of benzene rings is 2. The lowest BCUT2D eigenvalue weighted by molar-refractivity contribution is 0.0739. The fourth-order valence-electron chi connectivity index (χ4n) is 3.09. The van der Waals surface area contributed by atoms with Crippen molar-refractivity contribution in [3.63, 3.8) is 0 Å². The van der Waals surface area contributed by atoms with Gasteiger partial charge in [-0.05, 0) is 36.4 Å². The number of hydrogen-bond acceptors (Lipinski definition) is 6. The van der Waals surface area contributed by atoms with Crippen molar-refractivity contribution >= 4 is 58.5 Å². The summed E-state index contributed by atoms with van der Waals surface area (Å²) < 4.78 is 32.8. The number of ether oxygens (including phenoxy) is 1. The molecule has 1 aromatic heterocycles. The fraction of sp³-hybridized carbons (Fsp3) is 0.304. The van der Waals surface area contributed by atoms with Crippen molar-refractivity contribution in [2.75, 3.05) is 28.2 Å². The van der Waals surface area contributed by atoms with E-state index in [2.05, 4.69) is 40.1 Å². The molecule has 0 bridgehead atoms. The third kappa shape index (κ3) is 9.02. The molecule has 0 atom stereocenters. The number of sulfonamides is 1. The van der Waals surface area contributed by atoms with Crippen LogP contribution in [-0.4, -0.2) is 45.0 Å². The van der Waals surface area contributed by atoms with Crippen molar-refractivity contribution in [1.29, 1.82) is 0 Å². The van der Waals surface area contributed by atoms with E-state index in [4.69, 9.17) is 16.3 Å². The van der Waals surface area contributed by atoms with E-state index in [9.17, 15) is 13.2 Å². The van der Waals surface area contributed by atoms with E-state index in [-0.39, 0.29) is 23.1 Å². The van der Waals surface area contributed by atoms with Crippen LogP contribution in [0.25, 0.3) is 0 Å². The summed E-state index contributed by atoms with van der Waals surface area (Å²) in [5, 5.41) is 10.7. The van der Waals surface area contributed by atoms with Crippen LogP contribution in [0.1, 0.15) is 10.5 Å². The highest BCUT2D eigenvalue weighted by molar-refractivity contribution is 7.92. The molecule has 0 unspecified atom stereocenters. The monoisotopic (exact) mass is 535 g/mol. The first kappa shape index (κ1) is 26.7. The third-order valence-corrected chi connectivity index (χ3v) is 7.26. The maximum atomic E-state index is 13.2. The van der Waals surface area contributed by atoms with Gasteiger partial charge in [0, 0.05) is 37.1 Å². The zero-order chi connectivity index (χ0) is 25.6. The van der Waals surface area contributed by atoms with E-state index in [0.717, 1.165) is 18.0 Å². The van der Waals surface area contributed by atoms with Crippen LogP contribution in [0.3, 0.4) is 0 Å². The van der Waals surface area contributed by atoms with Crippen LogP contribution in [0.2, 0.25) is 30.7 Å². The topological polar surface area (TPSA) is 114 Å². The summed E-state index contributed by atoms with van der Waals surface area (Å²) in [5.41, 5.74) is 1.67. The van der Waals surface area contributed by atoms with Crippen molar-refractivity contribution in [3.8, 4) is 0 Å². The summed E-state index contributed by atoms with van der Waals surface area (Å²) in [6, 6.07) is 16.6. The molecule has 0 aliphatic rings. The first-order chi connectivity index (χ1) is 16.4. The number of halogens is 1. The maximum absolute atomic E-state index is 13.2. The summed E-state index contributed by atoms with van der Waals surface area (Å²) in [4.78, 5) is 13.2. The Hall–Kier alpha value is -2.86. The second-order valence-corrected chi connectivity index (χ2v) is 17.1. The molecule has 0 saturated carbocycles. The number of nitrogens with zero attached hydrogens (tertiary/aromatic N) is 2. The van der Waals surface area contributed by atoms with Crippen molar-refractivity contribution in [3.05, 3.63) is 65.3 Å². The molecule has 12 heteroatoms. The van der Waals surface area contributed by atoms with Gasteiger partial charge in [-0.25, -0.2) is 13.1 Å². The first-order valence-corrected chi connectivity index (χ1v) is 16.9. The lowest BCUT2D eigenvalue weighted by Gasteiger charge is -2.16. The van der Waals surface area contributed by atoms with Gasteiger partial charge in [0.15, 0.2) is 5.82 Å². The van der Waals surface area contributed by atoms with Gasteiger partial charge in [-0.2, -0.15) is 5.10 Å². The molecular weight excluding hydrogens is 506 g/mol. The van der Waals surface area contributed by atoms with Gasteiger partial charge in [-0.3, -0.25) is 9.52 Å².